The van der Waals surface area contributed by atoms with Crippen LogP contribution >= 0.6 is 0 Å². The van der Waals surface area contributed by atoms with Crippen LogP contribution in [0.5, 0.6) is 0 Å². The molecule has 0 radical (unpaired) electrons. The molecule has 0 saturated carbocycles. The monoisotopic (exact) mass is 399 g/mol. The summed E-state index contributed by atoms with van der Waals surface area (Å²) in [5.74, 6) is -0.887. The van der Waals surface area contributed by atoms with Gasteiger partial charge >= 0.3 is 0 Å². The van der Waals surface area contributed by atoms with Gasteiger partial charge in [0.2, 0.25) is 11.8 Å². The maximum absolute atomic E-state index is 13.2. The van der Waals surface area contributed by atoms with E-state index >= 15 is 0 Å². The van der Waals surface area contributed by atoms with Crippen LogP contribution in [0.15, 0.2) is 36.8 Å². The van der Waals surface area contributed by atoms with Crippen molar-refractivity contribution in [1.82, 2.24) is 24.3 Å². The fraction of sp³-hybridized carbons (Fsp3) is 0.400. The standard InChI is InChI=1S/C20H22FN5O3/c1-23-13-22-9-16(23)19(28)24-7-2-8-26-17(11-24)20(29)25(12-18(26)27)10-14-3-5-15(21)6-4-14/h3-6,9,13,17H,2,7-8,10-12H2,1H3. The number of benzene rings is 1. The zero-order valence-corrected chi connectivity index (χ0v) is 16.1. The summed E-state index contributed by atoms with van der Waals surface area (Å²) < 4.78 is 14.8. The van der Waals surface area contributed by atoms with Gasteiger partial charge in [0, 0.05) is 26.7 Å². The molecule has 1 aromatic heterocycles. The number of amides is 3. The molecule has 152 valence electrons. The normalized spacial score (nSPS) is 19.9. The largest absolute Gasteiger partial charge is 0.335 e. The van der Waals surface area contributed by atoms with Crippen molar-refractivity contribution >= 4 is 17.7 Å². The van der Waals surface area contributed by atoms with E-state index in [9.17, 15) is 18.8 Å². The minimum absolute atomic E-state index is 0.0115. The fourth-order valence-electron chi connectivity index (χ4n) is 3.89. The van der Waals surface area contributed by atoms with Crippen molar-refractivity contribution in [2.75, 3.05) is 26.2 Å². The number of nitrogens with zero attached hydrogens (tertiary/aromatic N) is 5. The summed E-state index contributed by atoms with van der Waals surface area (Å²) in [5, 5.41) is 0. The number of aryl methyl sites for hydroxylation is 1. The van der Waals surface area contributed by atoms with E-state index in [-0.39, 0.29) is 43.2 Å². The number of carbonyl (C=O) groups is 3. The quantitative estimate of drug-likeness (QED) is 0.759. The Labute approximate surface area is 167 Å². The third kappa shape index (κ3) is 3.72. The third-order valence-corrected chi connectivity index (χ3v) is 5.45. The highest BCUT2D eigenvalue weighted by Crippen LogP contribution is 2.21. The van der Waals surface area contributed by atoms with Gasteiger partial charge in [-0.15, -0.1) is 0 Å². The molecule has 4 rings (SSSR count). The Morgan fingerprint density at radius 3 is 2.66 bits per heavy atom. The van der Waals surface area contributed by atoms with E-state index in [4.69, 9.17) is 0 Å². The summed E-state index contributed by atoms with van der Waals surface area (Å²) in [6.45, 7) is 1.27. The lowest BCUT2D eigenvalue weighted by Crippen LogP contribution is -2.61. The van der Waals surface area contributed by atoms with Crippen molar-refractivity contribution in [1.29, 1.82) is 0 Å². The smallest absolute Gasteiger partial charge is 0.272 e. The molecule has 9 heteroatoms. The first-order valence-electron chi connectivity index (χ1n) is 9.52. The molecule has 1 atom stereocenters. The van der Waals surface area contributed by atoms with Gasteiger partial charge in [-0.25, -0.2) is 9.37 Å². The molecule has 29 heavy (non-hydrogen) atoms. The van der Waals surface area contributed by atoms with E-state index < -0.39 is 6.04 Å². The summed E-state index contributed by atoms with van der Waals surface area (Å²) in [7, 11) is 1.74. The Morgan fingerprint density at radius 2 is 1.97 bits per heavy atom. The first-order chi connectivity index (χ1) is 13.9. The number of halogens is 1. The number of aromatic nitrogens is 2. The zero-order chi connectivity index (χ0) is 20.5. The minimum atomic E-state index is -0.712. The van der Waals surface area contributed by atoms with Crippen LogP contribution in [0.3, 0.4) is 0 Å². The SMILES string of the molecule is Cn1cncc1C(=O)N1CCCN2C(=O)CN(Cc3ccc(F)cc3)C(=O)C2C1. The molecule has 2 aliphatic rings. The van der Waals surface area contributed by atoms with E-state index in [0.717, 1.165) is 5.56 Å². The Morgan fingerprint density at radius 1 is 1.21 bits per heavy atom. The van der Waals surface area contributed by atoms with Crippen molar-refractivity contribution < 1.29 is 18.8 Å². The first-order valence-corrected chi connectivity index (χ1v) is 9.52. The Hall–Kier alpha value is -3.23. The molecular formula is C20H22FN5O3. The van der Waals surface area contributed by atoms with Crippen LogP contribution in [0.4, 0.5) is 4.39 Å². The van der Waals surface area contributed by atoms with Crippen LogP contribution in [0.1, 0.15) is 22.5 Å². The van der Waals surface area contributed by atoms with Crippen LogP contribution in [0.25, 0.3) is 0 Å². The van der Waals surface area contributed by atoms with E-state index in [1.54, 1.807) is 39.9 Å². The van der Waals surface area contributed by atoms with Gasteiger partial charge in [-0.05, 0) is 24.1 Å². The maximum atomic E-state index is 13.2. The van der Waals surface area contributed by atoms with Crippen LogP contribution in [0, 0.1) is 5.82 Å². The molecule has 2 aromatic rings. The number of hydrogen-bond donors (Lipinski definition) is 0. The molecule has 8 nitrogen and oxygen atoms in total. The lowest BCUT2D eigenvalue weighted by Gasteiger charge is -2.40. The average molecular weight is 399 g/mol. The van der Waals surface area contributed by atoms with Crippen molar-refractivity contribution in [2.45, 2.75) is 19.0 Å². The highest BCUT2D eigenvalue weighted by atomic mass is 19.1. The van der Waals surface area contributed by atoms with Crippen molar-refractivity contribution in [3.8, 4) is 0 Å². The van der Waals surface area contributed by atoms with E-state index in [1.807, 2.05) is 0 Å². The molecule has 0 bridgehead atoms. The zero-order valence-electron chi connectivity index (χ0n) is 16.1. The first kappa shape index (κ1) is 19.1. The van der Waals surface area contributed by atoms with Gasteiger partial charge < -0.3 is 19.3 Å². The molecule has 2 aliphatic heterocycles. The van der Waals surface area contributed by atoms with E-state index in [2.05, 4.69) is 4.98 Å². The molecular weight excluding hydrogens is 377 g/mol. The summed E-state index contributed by atoms with van der Waals surface area (Å²) in [6.07, 6.45) is 3.66. The third-order valence-electron chi connectivity index (χ3n) is 5.45. The topological polar surface area (TPSA) is 78.8 Å². The van der Waals surface area contributed by atoms with Crippen molar-refractivity contribution in [3.63, 3.8) is 0 Å². The molecule has 1 aromatic carbocycles. The molecule has 0 N–H and O–H groups in total. The van der Waals surface area contributed by atoms with Crippen LogP contribution < -0.4 is 0 Å². The second-order valence-electron chi connectivity index (χ2n) is 7.42. The Bertz CT molecular complexity index is 942. The summed E-state index contributed by atoms with van der Waals surface area (Å²) >= 11 is 0. The van der Waals surface area contributed by atoms with Gasteiger partial charge in [-0.3, -0.25) is 14.4 Å². The van der Waals surface area contributed by atoms with Gasteiger partial charge in [0.1, 0.15) is 24.1 Å². The van der Waals surface area contributed by atoms with Gasteiger partial charge in [0.15, 0.2) is 0 Å². The van der Waals surface area contributed by atoms with Gasteiger partial charge in [0.25, 0.3) is 5.91 Å². The molecule has 3 heterocycles. The van der Waals surface area contributed by atoms with Crippen LogP contribution in [-0.2, 0) is 23.2 Å². The number of hydrogen-bond acceptors (Lipinski definition) is 4. The van der Waals surface area contributed by atoms with E-state index in [0.29, 0.717) is 25.2 Å². The Balaban J connectivity index is 1.54. The predicted molar refractivity (Wildman–Crippen MR) is 101 cm³/mol. The second kappa shape index (κ2) is 7.65. The lowest BCUT2D eigenvalue weighted by atomic mass is 10.1. The molecule has 0 aliphatic carbocycles. The summed E-state index contributed by atoms with van der Waals surface area (Å²) in [5.41, 5.74) is 1.19. The predicted octanol–water partition coefficient (Wildman–Crippen LogP) is 0.645. The summed E-state index contributed by atoms with van der Waals surface area (Å²) in [4.78, 5) is 47.4. The van der Waals surface area contributed by atoms with Gasteiger partial charge in [0.05, 0.1) is 19.1 Å². The minimum Gasteiger partial charge on any atom is -0.335 e. The fourth-order valence-corrected chi connectivity index (χ4v) is 3.89. The van der Waals surface area contributed by atoms with E-state index in [1.165, 1.54) is 23.2 Å². The molecule has 3 amide bonds. The highest BCUT2D eigenvalue weighted by molar-refractivity contribution is 5.97. The molecule has 2 saturated heterocycles. The number of fused-ring (bicyclic) bond motifs is 1. The van der Waals surface area contributed by atoms with Crippen molar-refractivity contribution in [3.05, 3.63) is 53.9 Å². The highest BCUT2D eigenvalue weighted by Gasteiger charge is 2.42. The second-order valence-corrected chi connectivity index (χ2v) is 7.42. The van der Waals surface area contributed by atoms with Gasteiger partial charge in [-0.1, -0.05) is 12.1 Å². The number of imidazole rings is 1. The summed E-state index contributed by atoms with van der Waals surface area (Å²) in [6, 6.07) is 5.15. The Kier molecular flexibility index (Phi) is 5.04. The maximum Gasteiger partial charge on any atom is 0.272 e. The lowest BCUT2D eigenvalue weighted by molar-refractivity contribution is -0.156. The van der Waals surface area contributed by atoms with Crippen LogP contribution in [0.2, 0.25) is 0 Å². The van der Waals surface area contributed by atoms with Crippen molar-refractivity contribution in [2.24, 2.45) is 7.05 Å². The molecule has 1 unspecified atom stereocenters. The number of piperazine rings is 1. The number of carbonyl (C=O) groups excluding carboxylic acids is 3. The van der Waals surface area contributed by atoms with Gasteiger partial charge in [-0.2, -0.15) is 0 Å². The number of rotatable bonds is 3. The van der Waals surface area contributed by atoms with Crippen LogP contribution in [-0.4, -0.2) is 74.2 Å². The average Bonchev–Trinajstić information content (AvgIpc) is 2.99. The molecule has 2 fully saturated rings. The molecule has 0 spiro atoms.